The topological polar surface area (TPSA) is 58.2 Å². The lowest BCUT2D eigenvalue weighted by Gasteiger charge is -2.08. The monoisotopic (exact) mass is 592 g/mol. The predicted octanol–water partition coefficient (Wildman–Crippen LogP) is 9.93. The Morgan fingerprint density at radius 1 is 0.700 bits per heavy atom. The van der Waals surface area contributed by atoms with Gasteiger partial charge in [0.1, 0.15) is 0 Å². The Hall–Kier alpha value is -1.92. The highest BCUT2D eigenvalue weighted by Gasteiger charge is 2.15. The summed E-state index contributed by atoms with van der Waals surface area (Å²) >= 11 is 0. The zero-order valence-corrected chi connectivity index (χ0v) is 27.1. The first kappa shape index (κ1) is 38.1. The fraction of sp³-hybridized carbons (Fsp3) is 0.588. The van der Waals surface area contributed by atoms with Gasteiger partial charge in [0.25, 0.3) is 0 Å². The van der Waals surface area contributed by atoms with Crippen LogP contribution in [0.4, 0.5) is 0 Å². The van der Waals surface area contributed by atoms with E-state index in [9.17, 15) is 9.59 Å². The molecule has 1 atom stereocenters. The number of allylic oxidation sites excluding steroid dienone is 12. The van der Waals surface area contributed by atoms with Crippen molar-refractivity contribution in [2.75, 3.05) is 18.8 Å². The highest BCUT2D eigenvalue weighted by molar-refractivity contribution is 8.77. The van der Waals surface area contributed by atoms with Crippen LogP contribution in [0.5, 0.6) is 0 Å². The summed E-state index contributed by atoms with van der Waals surface area (Å²) in [6.45, 7) is 7.14. The van der Waals surface area contributed by atoms with E-state index in [1.54, 1.807) is 0 Å². The Morgan fingerprint density at radius 3 is 1.65 bits per heavy atom. The molecule has 2 N–H and O–H groups in total. The van der Waals surface area contributed by atoms with Gasteiger partial charge in [-0.1, -0.05) is 122 Å². The van der Waals surface area contributed by atoms with Gasteiger partial charge in [0.05, 0.1) is 0 Å². The highest BCUT2D eigenvalue weighted by Crippen LogP contribution is 2.39. The third-order valence-electron chi connectivity index (χ3n) is 5.81. The number of amides is 2. The van der Waals surface area contributed by atoms with E-state index in [0.717, 1.165) is 63.0 Å². The Bertz CT molecular complexity index is 790. The molecule has 1 heterocycles. The van der Waals surface area contributed by atoms with Gasteiger partial charge >= 0.3 is 0 Å². The minimum atomic E-state index is 0. The summed E-state index contributed by atoms with van der Waals surface area (Å²) in [5.41, 5.74) is 0. The summed E-state index contributed by atoms with van der Waals surface area (Å²) in [7, 11) is 3.97. The largest absolute Gasteiger partial charge is 0.354 e. The summed E-state index contributed by atoms with van der Waals surface area (Å²) in [6, 6.07) is 0. The van der Waals surface area contributed by atoms with Crippen molar-refractivity contribution < 1.29 is 12.4 Å². The lowest BCUT2D eigenvalue weighted by atomic mass is 10.1. The number of carbonyl (C=O) groups excluding carboxylic acids is 2. The molecule has 0 unspecified atom stereocenters. The molecular formula is C34H60N2O2S2. The number of hydrogen-bond donors (Lipinski definition) is 2. The normalized spacial score (nSPS) is 15.7. The van der Waals surface area contributed by atoms with E-state index in [1.807, 2.05) is 35.4 Å². The van der Waals surface area contributed by atoms with Gasteiger partial charge in [0.15, 0.2) is 0 Å². The lowest BCUT2D eigenvalue weighted by Crippen LogP contribution is -2.34. The summed E-state index contributed by atoms with van der Waals surface area (Å²) in [5.74, 6) is 1.39. The molecule has 1 aliphatic heterocycles. The molecule has 0 spiro atoms. The molecule has 1 aliphatic rings. The maximum Gasteiger partial charge on any atom is 0.220 e. The Morgan fingerprint density at radius 2 is 1.18 bits per heavy atom. The smallest absolute Gasteiger partial charge is 0.220 e. The third-order valence-corrected chi connectivity index (χ3v) is 8.82. The first-order valence-corrected chi connectivity index (χ1v) is 17.8. The maximum absolute atomic E-state index is 11.9. The third kappa shape index (κ3) is 27.6. The maximum atomic E-state index is 11.9. The summed E-state index contributed by atoms with van der Waals surface area (Å²) in [6.07, 6.45) is 38.5. The van der Waals surface area contributed by atoms with Crippen LogP contribution in [0.15, 0.2) is 72.9 Å². The Labute approximate surface area is 257 Å². The second-order valence-corrected chi connectivity index (χ2v) is 12.0. The number of nitrogens with one attached hydrogen (secondary N) is 2. The van der Waals surface area contributed by atoms with Gasteiger partial charge in [0, 0.05) is 39.8 Å². The van der Waals surface area contributed by atoms with Crippen molar-refractivity contribution in [2.45, 2.75) is 109 Å². The van der Waals surface area contributed by atoms with Gasteiger partial charge in [-0.3, -0.25) is 9.59 Å². The first-order valence-electron chi connectivity index (χ1n) is 15.4. The molecule has 1 fully saturated rings. The van der Waals surface area contributed by atoms with Gasteiger partial charge < -0.3 is 10.6 Å². The van der Waals surface area contributed by atoms with Gasteiger partial charge in [0.2, 0.25) is 11.8 Å². The zero-order valence-electron chi connectivity index (χ0n) is 25.5. The minimum Gasteiger partial charge on any atom is -0.354 e. The van der Waals surface area contributed by atoms with Crippen molar-refractivity contribution in [3.05, 3.63) is 72.9 Å². The molecule has 230 valence electrons. The molecule has 6 heteroatoms. The van der Waals surface area contributed by atoms with E-state index >= 15 is 0 Å². The Kier molecular flexibility index (Phi) is 30.1. The zero-order chi connectivity index (χ0) is 29.4. The second-order valence-electron chi connectivity index (χ2n) is 9.23. The Balaban J connectivity index is -0.00000371. The van der Waals surface area contributed by atoms with Crippen LogP contribution in [0, 0.1) is 0 Å². The average Bonchev–Trinajstić information content (AvgIpc) is 3.49. The molecule has 0 aromatic carbocycles. The van der Waals surface area contributed by atoms with Crippen molar-refractivity contribution in [2.24, 2.45) is 0 Å². The lowest BCUT2D eigenvalue weighted by molar-refractivity contribution is -0.122. The van der Waals surface area contributed by atoms with Crippen LogP contribution in [-0.4, -0.2) is 35.9 Å². The molecule has 2 amide bonds. The molecule has 0 radical (unpaired) electrons. The van der Waals surface area contributed by atoms with Crippen LogP contribution in [0.1, 0.15) is 107 Å². The van der Waals surface area contributed by atoms with Crippen LogP contribution in [-0.2, 0) is 9.59 Å². The number of unbranched alkanes of at least 4 members (excludes halogenated alkanes) is 1. The van der Waals surface area contributed by atoms with E-state index in [-0.39, 0.29) is 14.7 Å². The van der Waals surface area contributed by atoms with Gasteiger partial charge in [-0.15, -0.1) is 0 Å². The highest BCUT2D eigenvalue weighted by atomic mass is 33.1. The number of carbonyl (C=O) groups is 2. The van der Waals surface area contributed by atoms with Gasteiger partial charge in [-0.25, -0.2) is 0 Å². The molecule has 1 rings (SSSR count). The van der Waals surface area contributed by atoms with Crippen molar-refractivity contribution in [1.29, 1.82) is 0 Å². The summed E-state index contributed by atoms with van der Waals surface area (Å²) < 4.78 is 0. The molecule has 4 nitrogen and oxygen atoms in total. The molecule has 0 aliphatic carbocycles. The van der Waals surface area contributed by atoms with Gasteiger partial charge in [-0.05, 0) is 64.2 Å². The van der Waals surface area contributed by atoms with Crippen LogP contribution >= 0.6 is 21.6 Å². The SMILES string of the molecule is CC.CC/C=C\C/C=C\C/C=C\C/C=C\C/C=C\C/C=C\CCC(=O)NCCNC(=O)CCCC[C@@H]1CCSS1.[HH].[HH]. The van der Waals surface area contributed by atoms with Crippen LogP contribution < -0.4 is 10.6 Å². The van der Waals surface area contributed by atoms with E-state index < -0.39 is 0 Å². The number of rotatable bonds is 22. The molecule has 0 bridgehead atoms. The van der Waals surface area contributed by atoms with Crippen LogP contribution in [0.25, 0.3) is 0 Å². The van der Waals surface area contributed by atoms with Crippen molar-refractivity contribution in [1.82, 2.24) is 10.6 Å². The molecule has 0 aromatic rings. The molecule has 0 aromatic heterocycles. The number of hydrogen-bond acceptors (Lipinski definition) is 4. The quantitative estimate of drug-likeness (QED) is 0.0746. The second kappa shape index (κ2) is 31.6. The van der Waals surface area contributed by atoms with E-state index in [4.69, 9.17) is 0 Å². The standard InChI is InChI=1S/C32H50N2O2S2.C2H6.2H2/c1-2-3-4-5-6-7-8-9-10-11-12-13-14-15-16-17-18-19-20-24-31(35)33-27-28-34-32(36)25-22-21-23-30-26-29-37-38-30;1-2;;/h3-4,6-7,9-10,12-13,15-16,18-19,30H,2,5,8,11,14,17,20-29H2,1H3,(H,33,35)(H,34,36);1-2H3;2*1H/b4-3-,7-6-,10-9-,13-12-,16-15-,19-18-;;;/t30-;;;/m1.../s1. The van der Waals surface area contributed by atoms with E-state index in [1.165, 1.54) is 18.6 Å². The summed E-state index contributed by atoms with van der Waals surface area (Å²) in [4.78, 5) is 23.8. The van der Waals surface area contributed by atoms with Crippen molar-refractivity contribution in [3.63, 3.8) is 0 Å². The van der Waals surface area contributed by atoms with Crippen molar-refractivity contribution in [3.8, 4) is 0 Å². The molecule has 1 saturated heterocycles. The van der Waals surface area contributed by atoms with Crippen LogP contribution in [0.3, 0.4) is 0 Å². The summed E-state index contributed by atoms with van der Waals surface area (Å²) in [5, 5.41) is 6.56. The van der Waals surface area contributed by atoms with Gasteiger partial charge in [-0.2, -0.15) is 0 Å². The first-order chi connectivity index (χ1) is 19.7. The van der Waals surface area contributed by atoms with Crippen LogP contribution in [0.2, 0.25) is 0 Å². The predicted molar refractivity (Wildman–Crippen MR) is 186 cm³/mol. The van der Waals surface area contributed by atoms with E-state index in [2.05, 4.69) is 90.5 Å². The minimum absolute atomic E-state index is 0. The average molecular weight is 593 g/mol. The van der Waals surface area contributed by atoms with E-state index in [0.29, 0.717) is 25.9 Å². The fourth-order valence-electron chi connectivity index (χ4n) is 3.66. The fourth-order valence-corrected chi connectivity index (χ4v) is 6.68. The molecule has 0 saturated carbocycles. The molecule has 40 heavy (non-hydrogen) atoms. The molecular weight excluding hydrogens is 533 g/mol. The van der Waals surface area contributed by atoms with Crippen molar-refractivity contribution >= 4 is 33.4 Å².